The molecule has 96 valence electrons. The van der Waals surface area contributed by atoms with Crippen LogP contribution in [0.3, 0.4) is 0 Å². The quantitative estimate of drug-likeness (QED) is 0.896. The van der Waals surface area contributed by atoms with Crippen molar-refractivity contribution in [3.8, 4) is 0 Å². The maximum Gasteiger partial charge on any atom is 0.111 e. The highest BCUT2D eigenvalue weighted by atomic mass is 15.1. The van der Waals surface area contributed by atoms with Crippen LogP contribution in [-0.4, -0.2) is 27.1 Å². The monoisotopic (exact) mass is 244 g/mol. The van der Waals surface area contributed by atoms with Crippen molar-refractivity contribution in [3.05, 3.63) is 24.3 Å². The maximum atomic E-state index is 4.76. The molecule has 0 aliphatic carbocycles. The summed E-state index contributed by atoms with van der Waals surface area (Å²) >= 11 is 0. The number of hydrogen-bond acceptors (Lipinski definition) is 3. The van der Waals surface area contributed by atoms with Gasteiger partial charge in [-0.2, -0.15) is 0 Å². The molecule has 1 N–H and O–H groups in total. The molecular formula is C14H20N4. The molecule has 0 spiro atoms. The third kappa shape index (κ3) is 2.12. The van der Waals surface area contributed by atoms with Gasteiger partial charge in [-0.1, -0.05) is 6.92 Å². The third-order valence-electron chi connectivity index (χ3n) is 3.67. The van der Waals surface area contributed by atoms with Gasteiger partial charge in [0.15, 0.2) is 0 Å². The van der Waals surface area contributed by atoms with Gasteiger partial charge >= 0.3 is 0 Å². The molecule has 0 amide bonds. The van der Waals surface area contributed by atoms with Crippen LogP contribution in [0.2, 0.25) is 0 Å². The second kappa shape index (κ2) is 5.06. The lowest BCUT2D eigenvalue weighted by atomic mass is 10.1. The molecule has 1 unspecified atom stereocenters. The average Bonchev–Trinajstić information content (AvgIpc) is 3.00. The van der Waals surface area contributed by atoms with Crippen molar-refractivity contribution >= 4 is 11.0 Å². The van der Waals surface area contributed by atoms with Crippen molar-refractivity contribution in [2.45, 2.75) is 45.2 Å². The minimum absolute atomic E-state index is 0.602. The van der Waals surface area contributed by atoms with Crippen molar-refractivity contribution in [1.29, 1.82) is 0 Å². The molecule has 0 aromatic carbocycles. The van der Waals surface area contributed by atoms with Crippen LogP contribution >= 0.6 is 0 Å². The second-order valence-corrected chi connectivity index (χ2v) is 5.04. The second-order valence-electron chi connectivity index (χ2n) is 5.04. The number of nitrogens with one attached hydrogen (secondary N) is 1. The normalized spacial score (nSPS) is 19.7. The highest BCUT2D eigenvalue weighted by molar-refractivity contribution is 5.74. The minimum Gasteiger partial charge on any atom is -0.328 e. The van der Waals surface area contributed by atoms with Crippen LogP contribution in [-0.2, 0) is 13.0 Å². The number of imidazole rings is 1. The van der Waals surface area contributed by atoms with Crippen LogP contribution in [0.1, 0.15) is 32.0 Å². The van der Waals surface area contributed by atoms with Crippen LogP contribution in [0.5, 0.6) is 0 Å². The molecule has 4 heteroatoms. The summed E-state index contributed by atoms with van der Waals surface area (Å²) in [5.41, 5.74) is 2.25. The fourth-order valence-corrected chi connectivity index (χ4v) is 2.81. The van der Waals surface area contributed by atoms with Gasteiger partial charge in [-0.15, -0.1) is 0 Å². The van der Waals surface area contributed by atoms with Gasteiger partial charge in [-0.3, -0.25) is 4.98 Å². The first-order valence-electron chi connectivity index (χ1n) is 6.91. The Balaban J connectivity index is 1.95. The topological polar surface area (TPSA) is 42.7 Å². The summed E-state index contributed by atoms with van der Waals surface area (Å²) in [5.74, 6) is 1.21. The lowest BCUT2D eigenvalue weighted by Gasteiger charge is -2.12. The van der Waals surface area contributed by atoms with E-state index in [1.807, 2.05) is 12.4 Å². The predicted octanol–water partition coefficient (Wildman–Crippen LogP) is 2.14. The van der Waals surface area contributed by atoms with Gasteiger partial charge in [0, 0.05) is 25.2 Å². The number of rotatable bonds is 4. The standard InChI is InChI=1S/C14H20N4/c1-2-8-18-13-5-7-15-10-12(13)17-14(18)9-11-4-3-6-16-11/h5,7,10-11,16H,2-4,6,8-9H2,1H3. The highest BCUT2D eigenvalue weighted by Crippen LogP contribution is 2.18. The Morgan fingerprint density at radius 3 is 3.22 bits per heavy atom. The zero-order valence-electron chi connectivity index (χ0n) is 10.9. The van der Waals surface area contributed by atoms with E-state index in [1.165, 1.54) is 24.2 Å². The molecule has 2 aromatic heterocycles. The first kappa shape index (κ1) is 11.7. The number of pyridine rings is 1. The number of nitrogens with zero attached hydrogens (tertiary/aromatic N) is 3. The van der Waals surface area contributed by atoms with E-state index in [9.17, 15) is 0 Å². The summed E-state index contributed by atoms with van der Waals surface area (Å²) in [7, 11) is 0. The summed E-state index contributed by atoms with van der Waals surface area (Å²) < 4.78 is 2.36. The molecule has 18 heavy (non-hydrogen) atoms. The summed E-state index contributed by atoms with van der Waals surface area (Å²) in [6.45, 7) is 4.41. The molecule has 1 fully saturated rings. The fourth-order valence-electron chi connectivity index (χ4n) is 2.81. The zero-order valence-corrected chi connectivity index (χ0v) is 10.9. The van der Waals surface area contributed by atoms with Gasteiger partial charge in [-0.05, 0) is 31.9 Å². The molecule has 0 bridgehead atoms. The first-order chi connectivity index (χ1) is 8.88. The fraction of sp³-hybridized carbons (Fsp3) is 0.571. The Labute approximate surface area is 107 Å². The van der Waals surface area contributed by atoms with Gasteiger partial charge in [0.25, 0.3) is 0 Å². The van der Waals surface area contributed by atoms with Gasteiger partial charge in [0.2, 0.25) is 0 Å². The third-order valence-corrected chi connectivity index (χ3v) is 3.67. The van der Waals surface area contributed by atoms with E-state index < -0.39 is 0 Å². The van der Waals surface area contributed by atoms with Gasteiger partial charge in [0.1, 0.15) is 11.3 Å². The van der Waals surface area contributed by atoms with E-state index in [4.69, 9.17) is 4.98 Å². The number of fused-ring (bicyclic) bond motifs is 1. The Morgan fingerprint density at radius 2 is 2.44 bits per heavy atom. The number of aromatic nitrogens is 3. The Bertz CT molecular complexity index is 526. The molecule has 1 aliphatic rings. The van der Waals surface area contributed by atoms with E-state index in [0.717, 1.165) is 31.4 Å². The van der Waals surface area contributed by atoms with Crippen molar-refractivity contribution < 1.29 is 0 Å². The SMILES string of the molecule is CCCn1c(CC2CCCN2)nc2cnccc21. The van der Waals surface area contributed by atoms with Gasteiger partial charge in [-0.25, -0.2) is 4.98 Å². The van der Waals surface area contributed by atoms with Crippen molar-refractivity contribution in [2.75, 3.05) is 6.54 Å². The van der Waals surface area contributed by atoms with Gasteiger partial charge < -0.3 is 9.88 Å². The lowest BCUT2D eigenvalue weighted by molar-refractivity contribution is 0.556. The predicted molar refractivity (Wildman–Crippen MR) is 72.5 cm³/mol. The van der Waals surface area contributed by atoms with Crippen LogP contribution in [0.15, 0.2) is 18.5 Å². The minimum atomic E-state index is 0.602. The number of hydrogen-bond donors (Lipinski definition) is 1. The molecule has 0 radical (unpaired) electrons. The molecule has 3 heterocycles. The molecule has 4 nitrogen and oxygen atoms in total. The highest BCUT2D eigenvalue weighted by Gasteiger charge is 2.18. The summed E-state index contributed by atoms with van der Waals surface area (Å²) in [4.78, 5) is 8.92. The Hall–Kier alpha value is -1.42. The van der Waals surface area contributed by atoms with Crippen molar-refractivity contribution in [3.63, 3.8) is 0 Å². The van der Waals surface area contributed by atoms with E-state index in [1.54, 1.807) is 0 Å². The zero-order chi connectivity index (χ0) is 12.4. The molecule has 1 atom stereocenters. The van der Waals surface area contributed by atoms with E-state index >= 15 is 0 Å². The largest absolute Gasteiger partial charge is 0.328 e. The molecule has 3 rings (SSSR count). The molecular weight excluding hydrogens is 224 g/mol. The van der Waals surface area contributed by atoms with E-state index in [2.05, 4.69) is 27.9 Å². The molecule has 1 saturated heterocycles. The molecule has 2 aromatic rings. The summed E-state index contributed by atoms with van der Waals surface area (Å²) in [6, 6.07) is 2.68. The lowest BCUT2D eigenvalue weighted by Crippen LogP contribution is -2.25. The Kier molecular flexibility index (Phi) is 3.28. The van der Waals surface area contributed by atoms with Crippen molar-refractivity contribution in [2.24, 2.45) is 0 Å². The van der Waals surface area contributed by atoms with E-state index in [0.29, 0.717) is 6.04 Å². The average molecular weight is 244 g/mol. The Morgan fingerprint density at radius 1 is 1.50 bits per heavy atom. The van der Waals surface area contributed by atoms with Crippen LogP contribution in [0, 0.1) is 0 Å². The van der Waals surface area contributed by atoms with Crippen LogP contribution in [0.4, 0.5) is 0 Å². The first-order valence-corrected chi connectivity index (χ1v) is 6.91. The van der Waals surface area contributed by atoms with Crippen LogP contribution in [0.25, 0.3) is 11.0 Å². The summed E-state index contributed by atoms with van der Waals surface area (Å²) in [6.07, 6.45) is 8.46. The smallest absolute Gasteiger partial charge is 0.111 e. The number of aryl methyl sites for hydroxylation is 1. The molecule has 1 aliphatic heterocycles. The molecule has 0 saturated carbocycles. The van der Waals surface area contributed by atoms with Crippen molar-refractivity contribution in [1.82, 2.24) is 19.9 Å². The maximum absolute atomic E-state index is 4.76. The summed E-state index contributed by atoms with van der Waals surface area (Å²) in [5, 5.41) is 3.55. The van der Waals surface area contributed by atoms with Crippen LogP contribution < -0.4 is 5.32 Å². The van der Waals surface area contributed by atoms with Gasteiger partial charge in [0.05, 0.1) is 11.7 Å². The van der Waals surface area contributed by atoms with E-state index in [-0.39, 0.29) is 0 Å².